The molecule has 0 heterocycles. The maximum absolute atomic E-state index is 13.8. The number of nitrogens with zero attached hydrogens (tertiary/aromatic N) is 2. The van der Waals surface area contributed by atoms with Gasteiger partial charge in [-0.25, -0.2) is 17.2 Å². The summed E-state index contributed by atoms with van der Waals surface area (Å²) in [4.78, 5) is 28.8. The third kappa shape index (κ3) is 9.67. The molecule has 0 aliphatic rings. The van der Waals surface area contributed by atoms with Gasteiger partial charge in [-0.05, 0) is 67.3 Å². The van der Waals surface area contributed by atoms with E-state index in [9.17, 15) is 26.8 Å². The molecule has 0 spiro atoms. The van der Waals surface area contributed by atoms with Gasteiger partial charge < -0.3 is 10.2 Å². The molecule has 2 atom stereocenters. The molecule has 2 amide bonds. The highest BCUT2D eigenvalue weighted by atomic mass is 32.2. The van der Waals surface area contributed by atoms with Crippen molar-refractivity contribution in [2.75, 3.05) is 17.1 Å². The summed E-state index contributed by atoms with van der Waals surface area (Å²) in [5.74, 6) is -1.55. The van der Waals surface area contributed by atoms with Gasteiger partial charge in [-0.15, -0.1) is 0 Å². The second-order valence-corrected chi connectivity index (χ2v) is 12.0. The summed E-state index contributed by atoms with van der Waals surface area (Å²) >= 11 is 0. The van der Waals surface area contributed by atoms with Gasteiger partial charge in [0.25, 0.3) is 0 Å². The van der Waals surface area contributed by atoms with E-state index in [1.165, 1.54) is 41.3 Å². The molecule has 10 heteroatoms. The molecule has 3 aromatic carbocycles. The number of anilines is 1. The topological polar surface area (TPSA) is 86.8 Å². The Labute approximate surface area is 241 Å². The highest BCUT2D eigenvalue weighted by molar-refractivity contribution is 7.92. The summed E-state index contributed by atoms with van der Waals surface area (Å²) in [6.07, 6.45) is 2.14. The Morgan fingerprint density at radius 1 is 0.878 bits per heavy atom. The van der Waals surface area contributed by atoms with Crippen molar-refractivity contribution in [2.24, 2.45) is 0 Å². The summed E-state index contributed by atoms with van der Waals surface area (Å²) in [6, 6.07) is 19.2. The lowest BCUT2D eigenvalue weighted by Crippen LogP contribution is -2.52. The lowest BCUT2D eigenvalue weighted by molar-refractivity contribution is -0.141. The number of amides is 2. The zero-order valence-corrected chi connectivity index (χ0v) is 24.4. The van der Waals surface area contributed by atoms with Gasteiger partial charge >= 0.3 is 0 Å². The van der Waals surface area contributed by atoms with Crippen LogP contribution in [0, 0.1) is 11.6 Å². The minimum atomic E-state index is -3.70. The Bertz CT molecular complexity index is 1390. The molecule has 41 heavy (non-hydrogen) atoms. The molecule has 1 N–H and O–H groups in total. The molecule has 0 aliphatic carbocycles. The van der Waals surface area contributed by atoms with E-state index in [0.29, 0.717) is 17.7 Å². The lowest BCUT2D eigenvalue weighted by Gasteiger charge is -2.32. The summed E-state index contributed by atoms with van der Waals surface area (Å²) in [5.41, 5.74) is 1.81. The molecular weight excluding hydrogens is 548 g/mol. The van der Waals surface area contributed by atoms with Crippen molar-refractivity contribution in [3.05, 3.63) is 102 Å². The van der Waals surface area contributed by atoms with E-state index >= 15 is 0 Å². The zero-order chi connectivity index (χ0) is 30.0. The van der Waals surface area contributed by atoms with Crippen LogP contribution in [0.2, 0.25) is 0 Å². The fourth-order valence-electron chi connectivity index (χ4n) is 4.39. The molecule has 0 aliphatic heterocycles. The van der Waals surface area contributed by atoms with E-state index in [2.05, 4.69) is 5.32 Å². The Kier molecular flexibility index (Phi) is 11.4. The fourth-order valence-corrected chi connectivity index (χ4v) is 5.36. The summed E-state index contributed by atoms with van der Waals surface area (Å²) in [5, 5.41) is 2.99. The largest absolute Gasteiger partial charge is 0.352 e. The highest BCUT2D eigenvalue weighted by Crippen LogP contribution is 2.21. The molecule has 0 saturated heterocycles. The third-order valence-electron chi connectivity index (χ3n) is 6.81. The first kappa shape index (κ1) is 31.7. The smallest absolute Gasteiger partial charge is 0.243 e. The van der Waals surface area contributed by atoms with Crippen LogP contribution in [-0.4, -0.2) is 50.0 Å². The van der Waals surface area contributed by atoms with Crippen LogP contribution in [0.3, 0.4) is 0 Å². The first-order valence-electron chi connectivity index (χ1n) is 13.6. The number of sulfonamides is 1. The van der Waals surface area contributed by atoms with Gasteiger partial charge in [0.15, 0.2) is 0 Å². The van der Waals surface area contributed by atoms with Crippen LogP contribution >= 0.6 is 0 Å². The van der Waals surface area contributed by atoms with Crippen LogP contribution in [0.4, 0.5) is 14.5 Å². The van der Waals surface area contributed by atoms with Crippen molar-refractivity contribution >= 4 is 27.5 Å². The number of carbonyl (C=O) groups is 2. The van der Waals surface area contributed by atoms with E-state index in [-0.39, 0.29) is 50.2 Å². The van der Waals surface area contributed by atoms with E-state index in [0.717, 1.165) is 16.1 Å². The molecule has 0 fully saturated rings. The van der Waals surface area contributed by atoms with Gasteiger partial charge in [0.2, 0.25) is 21.8 Å². The predicted octanol–water partition coefficient (Wildman–Crippen LogP) is 5.07. The van der Waals surface area contributed by atoms with Gasteiger partial charge in [0.05, 0.1) is 11.9 Å². The number of carbonyl (C=O) groups excluding carboxylic acids is 2. The maximum atomic E-state index is 13.8. The number of benzene rings is 3. The van der Waals surface area contributed by atoms with E-state index < -0.39 is 27.7 Å². The van der Waals surface area contributed by atoms with Gasteiger partial charge in [-0.2, -0.15) is 0 Å². The molecule has 7 nitrogen and oxygen atoms in total. The van der Waals surface area contributed by atoms with Crippen molar-refractivity contribution in [2.45, 2.75) is 58.2 Å². The molecule has 3 aromatic rings. The van der Waals surface area contributed by atoms with Gasteiger partial charge in [-0.1, -0.05) is 49.4 Å². The summed E-state index contributed by atoms with van der Waals surface area (Å²) < 4.78 is 53.1. The average molecular weight is 586 g/mol. The summed E-state index contributed by atoms with van der Waals surface area (Å²) in [7, 11) is -3.70. The fraction of sp³-hybridized carbons (Fsp3) is 0.355. The standard InChI is InChI=1S/C31H37F2N3O4S/c1-4-23(2)34-31(38)29(21-24-9-6-5-7-10-24)35(22-25-12-14-26(32)15-13-25)30(37)11-8-20-36(41(3,39)40)28-18-16-27(33)17-19-28/h5-7,9-10,12-19,23,29H,4,8,11,20-22H2,1-3H3,(H,34,38)/t23-,29-/m1/s1. The van der Waals surface area contributed by atoms with Crippen molar-refractivity contribution in [3.63, 3.8) is 0 Å². The van der Waals surface area contributed by atoms with Crippen LogP contribution in [0.15, 0.2) is 78.9 Å². The number of rotatable bonds is 14. The first-order chi connectivity index (χ1) is 19.5. The Morgan fingerprint density at radius 3 is 2.02 bits per heavy atom. The Balaban J connectivity index is 1.88. The van der Waals surface area contributed by atoms with Crippen LogP contribution in [-0.2, 0) is 32.6 Å². The first-order valence-corrected chi connectivity index (χ1v) is 15.4. The maximum Gasteiger partial charge on any atom is 0.243 e. The van der Waals surface area contributed by atoms with Crippen molar-refractivity contribution in [1.82, 2.24) is 10.2 Å². The minimum absolute atomic E-state index is 0.0109. The molecule has 220 valence electrons. The Hall–Kier alpha value is -3.79. The van der Waals surface area contributed by atoms with Gasteiger partial charge in [0.1, 0.15) is 17.7 Å². The predicted molar refractivity (Wildman–Crippen MR) is 157 cm³/mol. The number of hydrogen-bond acceptors (Lipinski definition) is 4. The second-order valence-electron chi connectivity index (χ2n) is 10.1. The highest BCUT2D eigenvalue weighted by Gasteiger charge is 2.31. The van der Waals surface area contributed by atoms with Crippen LogP contribution < -0.4 is 9.62 Å². The third-order valence-corrected chi connectivity index (χ3v) is 8.00. The molecule has 0 unspecified atom stereocenters. The minimum Gasteiger partial charge on any atom is -0.352 e. The SMILES string of the molecule is CC[C@@H](C)NC(=O)[C@@H](Cc1ccccc1)N(Cc1ccc(F)cc1)C(=O)CCCN(c1ccc(F)cc1)S(C)(=O)=O. The number of halogens is 2. The molecule has 0 saturated carbocycles. The van der Waals surface area contributed by atoms with Crippen molar-refractivity contribution in [3.8, 4) is 0 Å². The molecule has 0 radical (unpaired) electrons. The Morgan fingerprint density at radius 2 is 1.46 bits per heavy atom. The second kappa shape index (κ2) is 14.7. The lowest BCUT2D eigenvalue weighted by atomic mass is 10.0. The van der Waals surface area contributed by atoms with Gasteiger partial charge in [-0.3, -0.25) is 13.9 Å². The zero-order valence-electron chi connectivity index (χ0n) is 23.6. The number of hydrogen-bond donors (Lipinski definition) is 1. The molecular formula is C31H37F2N3O4S. The summed E-state index contributed by atoms with van der Waals surface area (Å²) in [6.45, 7) is 3.90. The molecule has 0 aromatic heterocycles. The normalized spacial score (nSPS) is 12.8. The molecule has 3 rings (SSSR count). The van der Waals surface area contributed by atoms with Crippen LogP contribution in [0.1, 0.15) is 44.2 Å². The van der Waals surface area contributed by atoms with Crippen molar-refractivity contribution in [1.29, 1.82) is 0 Å². The van der Waals surface area contributed by atoms with E-state index in [4.69, 9.17) is 0 Å². The quantitative estimate of drug-likeness (QED) is 0.286. The van der Waals surface area contributed by atoms with E-state index in [1.807, 2.05) is 44.2 Å². The average Bonchev–Trinajstić information content (AvgIpc) is 2.94. The van der Waals surface area contributed by atoms with E-state index in [1.54, 1.807) is 12.1 Å². The monoisotopic (exact) mass is 585 g/mol. The van der Waals surface area contributed by atoms with Crippen molar-refractivity contribution < 1.29 is 26.8 Å². The molecule has 0 bridgehead atoms. The van der Waals surface area contributed by atoms with Crippen LogP contribution in [0.25, 0.3) is 0 Å². The number of nitrogens with one attached hydrogen (secondary N) is 1. The van der Waals surface area contributed by atoms with Crippen LogP contribution in [0.5, 0.6) is 0 Å². The van der Waals surface area contributed by atoms with Gasteiger partial charge in [0, 0.05) is 32.0 Å².